The minimum Gasteiger partial charge on any atom is -0.384 e. The Kier molecular flexibility index (Phi) is 3.84. The number of aliphatic hydroxyl groups is 1. The van der Waals surface area contributed by atoms with Crippen molar-refractivity contribution in [2.24, 2.45) is 0 Å². The predicted molar refractivity (Wildman–Crippen MR) is 53.8 cm³/mol. The van der Waals surface area contributed by atoms with Gasteiger partial charge in [0.05, 0.1) is 12.7 Å². The average Bonchev–Trinajstić information content (AvgIpc) is 2.49. The highest BCUT2D eigenvalue weighted by molar-refractivity contribution is 8.00. The molecular weight excluding hydrogens is 243 g/mol. The summed E-state index contributed by atoms with van der Waals surface area (Å²) in [4.78, 5) is 0. The van der Waals surface area contributed by atoms with Crippen molar-refractivity contribution in [3.8, 4) is 0 Å². The lowest BCUT2D eigenvalue weighted by atomic mass is 10.1. The second kappa shape index (κ2) is 4.62. The lowest BCUT2D eigenvalue weighted by Gasteiger charge is -2.11. The standard InChI is InChI=1S/C8H12F3N3OS/c1-7(2,15)6-5-14(13-12-6)3-4-16-8(9,10)11/h5,15H,3-4H2,1-2H3. The van der Waals surface area contributed by atoms with Crippen LogP contribution in [0.4, 0.5) is 13.2 Å². The quantitative estimate of drug-likeness (QED) is 0.890. The topological polar surface area (TPSA) is 50.9 Å². The Morgan fingerprint density at radius 2 is 2.06 bits per heavy atom. The monoisotopic (exact) mass is 255 g/mol. The summed E-state index contributed by atoms with van der Waals surface area (Å²) in [5, 5.41) is 16.9. The van der Waals surface area contributed by atoms with Crippen LogP contribution in [0.1, 0.15) is 19.5 Å². The molecule has 0 saturated heterocycles. The Bertz CT molecular complexity index is 345. The molecule has 1 heterocycles. The molecule has 0 unspecified atom stereocenters. The number of alkyl halides is 3. The first kappa shape index (κ1) is 13.3. The molecule has 92 valence electrons. The number of nitrogens with zero attached hydrogens (tertiary/aromatic N) is 3. The molecule has 0 aromatic carbocycles. The van der Waals surface area contributed by atoms with E-state index in [1.54, 1.807) is 0 Å². The van der Waals surface area contributed by atoms with Crippen LogP contribution in [-0.2, 0) is 12.1 Å². The number of hydrogen-bond donors (Lipinski definition) is 1. The molecule has 0 radical (unpaired) electrons. The van der Waals surface area contributed by atoms with E-state index in [-0.39, 0.29) is 24.1 Å². The molecule has 0 amide bonds. The molecular formula is C8H12F3N3OS. The van der Waals surface area contributed by atoms with Gasteiger partial charge in [0, 0.05) is 5.75 Å². The highest BCUT2D eigenvalue weighted by atomic mass is 32.2. The van der Waals surface area contributed by atoms with E-state index in [0.29, 0.717) is 5.69 Å². The number of hydrogen-bond acceptors (Lipinski definition) is 4. The van der Waals surface area contributed by atoms with Gasteiger partial charge < -0.3 is 5.11 Å². The largest absolute Gasteiger partial charge is 0.441 e. The number of aryl methyl sites for hydroxylation is 1. The van der Waals surface area contributed by atoms with Gasteiger partial charge in [-0.3, -0.25) is 4.68 Å². The summed E-state index contributed by atoms with van der Waals surface area (Å²) in [6.45, 7) is 3.17. The molecule has 1 N–H and O–H groups in total. The molecule has 0 spiro atoms. The Morgan fingerprint density at radius 3 is 2.50 bits per heavy atom. The highest BCUT2D eigenvalue weighted by Crippen LogP contribution is 2.29. The zero-order valence-corrected chi connectivity index (χ0v) is 9.64. The van der Waals surface area contributed by atoms with Crippen LogP contribution in [0.15, 0.2) is 6.20 Å². The fraction of sp³-hybridized carbons (Fsp3) is 0.750. The number of halogens is 3. The fourth-order valence-electron chi connectivity index (χ4n) is 0.943. The molecule has 16 heavy (non-hydrogen) atoms. The maximum Gasteiger partial charge on any atom is 0.441 e. The third kappa shape index (κ3) is 4.40. The van der Waals surface area contributed by atoms with Crippen LogP contribution in [0.3, 0.4) is 0 Å². The zero-order valence-electron chi connectivity index (χ0n) is 8.82. The summed E-state index contributed by atoms with van der Waals surface area (Å²) in [6.07, 6.45) is 1.44. The molecule has 0 fully saturated rings. The van der Waals surface area contributed by atoms with Crippen molar-refractivity contribution in [2.45, 2.75) is 31.5 Å². The molecule has 0 atom stereocenters. The van der Waals surface area contributed by atoms with E-state index >= 15 is 0 Å². The maximum atomic E-state index is 11.8. The Balaban J connectivity index is 2.48. The third-order valence-corrected chi connectivity index (χ3v) is 2.47. The van der Waals surface area contributed by atoms with Gasteiger partial charge in [-0.2, -0.15) is 13.2 Å². The predicted octanol–water partition coefficient (Wildman–Crippen LogP) is 1.76. The molecule has 0 aliphatic carbocycles. The summed E-state index contributed by atoms with van der Waals surface area (Å²) in [7, 11) is 0. The lowest BCUT2D eigenvalue weighted by molar-refractivity contribution is -0.0328. The Labute approximate surface area is 94.8 Å². The smallest absolute Gasteiger partial charge is 0.384 e. The number of rotatable bonds is 4. The fourth-order valence-corrected chi connectivity index (χ4v) is 1.45. The van der Waals surface area contributed by atoms with E-state index in [4.69, 9.17) is 0 Å². The van der Waals surface area contributed by atoms with Crippen LogP contribution >= 0.6 is 11.8 Å². The number of thioether (sulfide) groups is 1. The second-order valence-corrected chi connectivity index (χ2v) is 4.88. The summed E-state index contributed by atoms with van der Waals surface area (Å²) < 4.78 is 36.8. The molecule has 1 aromatic heterocycles. The first-order valence-electron chi connectivity index (χ1n) is 4.52. The van der Waals surface area contributed by atoms with Gasteiger partial charge in [0.2, 0.25) is 0 Å². The molecule has 0 aliphatic heterocycles. The van der Waals surface area contributed by atoms with Crippen molar-refractivity contribution in [2.75, 3.05) is 5.75 Å². The highest BCUT2D eigenvalue weighted by Gasteiger charge is 2.27. The van der Waals surface area contributed by atoms with Gasteiger partial charge in [-0.15, -0.1) is 5.10 Å². The Hall–Kier alpha value is -0.760. The van der Waals surface area contributed by atoms with Crippen LogP contribution in [-0.4, -0.2) is 31.4 Å². The van der Waals surface area contributed by atoms with E-state index in [1.807, 2.05) is 0 Å². The molecule has 0 aliphatic rings. The van der Waals surface area contributed by atoms with Gasteiger partial charge in [-0.1, -0.05) is 5.21 Å². The van der Waals surface area contributed by atoms with Gasteiger partial charge in [-0.05, 0) is 25.6 Å². The summed E-state index contributed by atoms with van der Waals surface area (Å²) in [5.41, 5.74) is -5.01. The second-order valence-electron chi connectivity index (χ2n) is 3.72. The molecule has 1 aromatic rings. The van der Waals surface area contributed by atoms with E-state index in [9.17, 15) is 18.3 Å². The van der Waals surface area contributed by atoms with E-state index < -0.39 is 11.1 Å². The van der Waals surface area contributed by atoms with Crippen LogP contribution in [0.25, 0.3) is 0 Å². The normalized spacial score (nSPS) is 13.1. The summed E-state index contributed by atoms with van der Waals surface area (Å²) in [6, 6.07) is 0. The summed E-state index contributed by atoms with van der Waals surface area (Å²) >= 11 is -0.106. The summed E-state index contributed by atoms with van der Waals surface area (Å²) in [5.74, 6) is -0.127. The maximum absolute atomic E-state index is 11.8. The zero-order chi connectivity index (χ0) is 12.4. The van der Waals surface area contributed by atoms with Gasteiger partial charge in [0.25, 0.3) is 0 Å². The first-order chi connectivity index (χ1) is 7.18. The minimum atomic E-state index is -4.22. The van der Waals surface area contributed by atoms with Crippen molar-refractivity contribution in [3.05, 3.63) is 11.9 Å². The van der Waals surface area contributed by atoms with E-state index in [0.717, 1.165) is 0 Å². The molecule has 1 rings (SSSR count). The molecule has 8 heteroatoms. The van der Waals surface area contributed by atoms with E-state index in [2.05, 4.69) is 10.3 Å². The lowest BCUT2D eigenvalue weighted by Crippen LogP contribution is -2.15. The van der Waals surface area contributed by atoms with Crippen molar-refractivity contribution < 1.29 is 18.3 Å². The SMILES string of the molecule is CC(C)(O)c1cn(CCSC(F)(F)F)nn1. The number of aromatic nitrogens is 3. The average molecular weight is 255 g/mol. The van der Waals surface area contributed by atoms with Crippen LogP contribution in [0, 0.1) is 0 Å². The van der Waals surface area contributed by atoms with Crippen LogP contribution in [0.2, 0.25) is 0 Å². The van der Waals surface area contributed by atoms with Gasteiger partial charge >= 0.3 is 5.51 Å². The Morgan fingerprint density at radius 1 is 1.44 bits per heavy atom. The third-order valence-electron chi connectivity index (χ3n) is 1.75. The van der Waals surface area contributed by atoms with Crippen LogP contribution in [0.5, 0.6) is 0 Å². The van der Waals surface area contributed by atoms with Crippen molar-refractivity contribution in [1.29, 1.82) is 0 Å². The van der Waals surface area contributed by atoms with E-state index in [1.165, 1.54) is 24.7 Å². The minimum absolute atomic E-state index is 0.104. The molecule has 0 bridgehead atoms. The first-order valence-corrected chi connectivity index (χ1v) is 5.51. The van der Waals surface area contributed by atoms with Crippen molar-refractivity contribution >= 4 is 11.8 Å². The molecule has 4 nitrogen and oxygen atoms in total. The van der Waals surface area contributed by atoms with Gasteiger partial charge in [0.1, 0.15) is 11.3 Å². The molecule has 0 saturated carbocycles. The van der Waals surface area contributed by atoms with Crippen LogP contribution < -0.4 is 0 Å². The van der Waals surface area contributed by atoms with Gasteiger partial charge in [-0.25, -0.2) is 0 Å². The van der Waals surface area contributed by atoms with Crippen molar-refractivity contribution in [1.82, 2.24) is 15.0 Å². The van der Waals surface area contributed by atoms with Gasteiger partial charge in [0.15, 0.2) is 0 Å². The van der Waals surface area contributed by atoms with Crippen molar-refractivity contribution in [3.63, 3.8) is 0 Å².